The Bertz CT molecular complexity index is 442. The van der Waals surface area contributed by atoms with Crippen LogP contribution in [0.3, 0.4) is 0 Å². The summed E-state index contributed by atoms with van der Waals surface area (Å²) in [4.78, 5) is 4.30. The van der Waals surface area contributed by atoms with Gasteiger partial charge in [0.1, 0.15) is 5.75 Å². The largest absolute Gasteiger partial charge is 0.496 e. The van der Waals surface area contributed by atoms with Gasteiger partial charge >= 0.3 is 0 Å². The number of hydrogen-bond acceptors (Lipinski definition) is 2. The number of hydrogen-bond donors (Lipinski definition) is 0. The average molecular weight is 285 g/mol. The molecule has 1 aromatic heterocycles. The van der Waals surface area contributed by atoms with Gasteiger partial charge in [-0.25, -0.2) is 0 Å². The first-order valence-electron chi connectivity index (χ1n) is 3.90. The van der Waals surface area contributed by atoms with Crippen LogP contribution in [-0.4, -0.2) is 12.1 Å². The summed E-state index contributed by atoms with van der Waals surface area (Å²) in [7, 11) is 1.68. The van der Waals surface area contributed by atoms with E-state index in [1.807, 2.05) is 24.3 Å². The van der Waals surface area contributed by atoms with E-state index in [-0.39, 0.29) is 0 Å². The summed E-state index contributed by atoms with van der Waals surface area (Å²) < 4.78 is 6.39. The van der Waals surface area contributed by atoms with E-state index >= 15 is 0 Å². The van der Waals surface area contributed by atoms with Gasteiger partial charge in [-0.05, 0) is 40.8 Å². The van der Waals surface area contributed by atoms with Crippen molar-refractivity contribution in [2.45, 2.75) is 0 Å². The highest BCUT2D eigenvalue weighted by atomic mass is 127. The Morgan fingerprint density at radius 1 is 1.31 bits per heavy atom. The first kappa shape index (κ1) is 8.74. The highest BCUT2D eigenvalue weighted by molar-refractivity contribution is 14.1. The van der Waals surface area contributed by atoms with Gasteiger partial charge in [-0.2, -0.15) is 0 Å². The van der Waals surface area contributed by atoms with Crippen LogP contribution in [0.4, 0.5) is 0 Å². The molecule has 66 valence electrons. The standard InChI is InChI=1S/C10H8INO/c1-13-9-5-6-12-10-7(9)3-2-4-8(10)11/h2-6H,1H3. The molecule has 0 atom stereocenters. The predicted molar refractivity (Wildman–Crippen MR) is 61.0 cm³/mol. The Balaban J connectivity index is 2.84. The fourth-order valence-electron chi connectivity index (χ4n) is 1.29. The number of ether oxygens (including phenoxy) is 1. The summed E-state index contributed by atoms with van der Waals surface area (Å²) in [6.45, 7) is 0. The number of rotatable bonds is 1. The lowest BCUT2D eigenvalue weighted by molar-refractivity contribution is 0.419. The Kier molecular flexibility index (Phi) is 2.35. The molecule has 0 saturated heterocycles. The van der Waals surface area contributed by atoms with Gasteiger partial charge in [0.15, 0.2) is 0 Å². The Labute approximate surface area is 90.1 Å². The van der Waals surface area contributed by atoms with E-state index in [1.54, 1.807) is 13.3 Å². The molecule has 0 bridgehead atoms. The van der Waals surface area contributed by atoms with E-state index in [0.717, 1.165) is 20.2 Å². The van der Waals surface area contributed by atoms with Gasteiger partial charge in [0, 0.05) is 15.2 Å². The average Bonchev–Trinajstić information content (AvgIpc) is 2.18. The summed E-state index contributed by atoms with van der Waals surface area (Å²) in [5.74, 6) is 0.878. The van der Waals surface area contributed by atoms with Gasteiger partial charge in [-0.15, -0.1) is 0 Å². The predicted octanol–water partition coefficient (Wildman–Crippen LogP) is 2.85. The molecule has 0 fully saturated rings. The lowest BCUT2D eigenvalue weighted by Gasteiger charge is -2.04. The molecule has 0 radical (unpaired) electrons. The van der Waals surface area contributed by atoms with Gasteiger partial charge in [0.05, 0.1) is 12.6 Å². The van der Waals surface area contributed by atoms with Crippen LogP contribution < -0.4 is 4.74 Å². The molecule has 0 aliphatic heterocycles. The summed E-state index contributed by atoms with van der Waals surface area (Å²) >= 11 is 2.27. The molecule has 0 unspecified atom stereocenters. The third-order valence-electron chi connectivity index (χ3n) is 1.90. The van der Waals surface area contributed by atoms with Crippen LogP contribution >= 0.6 is 22.6 Å². The second kappa shape index (κ2) is 3.49. The molecular weight excluding hydrogens is 277 g/mol. The summed E-state index contributed by atoms with van der Waals surface area (Å²) in [6, 6.07) is 7.94. The van der Waals surface area contributed by atoms with Crippen molar-refractivity contribution in [3.05, 3.63) is 34.0 Å². The zero-order valence-electron chi connectivity index (χ0n) is 7.12. The molecule has 0 N–H and O–H groups in total. The van der Waals surface area contributed by atoms with Crippen molar-refractivity contribution in [1.82, 2.24) is 4.98 Å². The molecule has 1 aromatic carbocycles. The molecule has 0 saturated carbocycles. The van der Waals surface area contributed by atoms with Gasteiger partial charge in [0.25, 0.3) is 0 Å². The monoisotopic (exact) mass is 285 g/mol. The van der Waals surface area contributed by atoms with E-state index < -0.39 is 0 Å². The Morgan fingerprint density at radius 3 is 2.92 bits per heavy atom. The molecule has 2 rings (SSSR count). The van der Waals surface area contributed by atoms with Crippen molar-refractivity contribution in [2.75, 3.05) is 7.11 Å². The van der Waals surface area contributed by atoms with Crippen LogP contribution in [0.25, 0.3) is 10.9 Å². The summed E-state index contributed by atoms with van der Waals surface area (Å²) in [5, 5.41) is 1.07. The van der Waals surface area contributed by atoms with Crippen molar-refractivity contribution in [3.8, 4) is 5.75 Å². The smallest absolute Gasteiger partial charge is 0.129 e. The maximum absolute atomic E-state index is 5.24. The van der Waals surface area contributed by atoms with Crippen LogP contribution in [-0.2, 0) is 0 Å². The summed E-state index contributed by atoms with van der Waals surface area (Å²) in [6.07, 6.45) is 1.77. The molecule has 3 heteroatoms. The lowest BCUT2D eigenvalue weighted by Crippen LogP contribution is -1.88. The number of aromatic nitrogens is 1. The zero-order chi connectivity index (χ0) is 9.26. The molecule has 0 aliphatic rings. The minimum absolute atomic E-state index is 0.878. The quantitative estimate of drug-likeness (QED) is 0.752. The van der Waals surface area contributed by atoms with Gasteiger partial charge in [0.2, 0.25) is 0 Å². The first-order chi connectivity index (χ1) is 6.33. The SMILES string of the molecule is COc1ccnc2c(I)cccc12. The molecular formula is C10H8INO. The van der Waals surface area contributed by atoms with E-state index in [9.17, 15) is 0 Å². The topological polar surface area (TPSA) is 22.1 Å². The maximum atomic E-state index is 5.24. The van der Waals surface area contributed by atoms with E-state index in [2.05, 4.69) is 27.6 Å². The molecule has 0 spiro atoms. The number of pyridine rings is 1. The number of methoxy groups -OCH3 is 1. The number of fused-ring (bicyclic) bond motifs is 1. The number of benzene rings is 1. The normalized spacial score (nSPS) is 10.3. The van der Waals surface area contributed by atoms with E-state index in [4.69, 9.17) is 4.74 Å². The van der Waals surface area contributed by atoms with Crippen molar-refractivity contribution >= 4 is 33.5 Å². The third kappa shape index (κ3) is 1.48. The number of nitrogens with zero attached hydrogens (tertiary/aromatic N) is 1. The second-order valence-corrected chi connectivity index (χ2v) is 3.81. The molecule has 2 aromatic rings. The molecule has 0 amide bonds. The van der Waals surface area contributed by atoms with E-state index in [0.29, 0.717) is 0 Å². The van der Waals surface area contributed by atoms with Crippen molar-refractivity contribution in [1.29, 1.82) is 0 Å². The Hall–Kier alpha value is -0.840. The molecule has 13 heavy (non-hydrogen) atoms. The number of para-hydroxylation sites is 1. The molecule has 1 heterocycles. The maximum Gasteiger partial charge on any atom is 0.129 e. The van der Waals surface area contributed by atoms with Crippen molar-refractivity contribution in [3.63, 3.8) is 0 Å². The first-order valence-corrected chi connectivity index (χ1v) is 4.98. The summed E-state index contributed by atoms with van der Waals surface area (Å²) in [5.41, 5.74) is 1.00. The highest BCUT2D eigenvalue weighted by Gasteiger charge is 2.03. The van der Waals surface area contributed by atoms with Crippen LogP contribution in [0.15, 0.2) is 30.5 Å². The third-order valence-corrected chi connectivity index (χ3v) is 2.77. The van der Waals surface area contributed by atoms with Crippen LogP contribution in [0.1, 0.15) is 0 Å². The van der Waals surface area contributed by atoms with Crippen LogP contribution in [0.5, 0.6) is 5.75 Å². The lowest BCUT2D eigenvalue weighted by atomic mass is 10.2. The van der Waals surface area contributed by atoms with Crippen LogP contribution in [0.2, 0.25) is 0 Å². The fraction of sp³-hybridized carbons (Fsp3) is 0.100. The van der Waals surface area contributed by atoms with Gasteiger partial charge in [-0.1, -0.05) is 6.07 Å². The number of halogens is 1. The Morgan fingerprint density at radius 2 is 2.15 bits per heavy atom. The molecule has 0 aliphatic carbocycles. The van der Waals surface area contributed by atoms with Crippen molar-refractivity contribution < 1.29 is 4.74 Å². The zero-order valence-corrected chi connectivity index (χ0v) is 9.28. The van der Waals surface area contributed by atoms with E-state index in [1.165, 1.54) is 0 Å². The minimum atomic E-state index is 0.878. The van der Waals surface area contributed by atoms with Gasteiger partial charge in [-0.3, -0.25) is 4.98 Å². The molecule has 2 nitrogen and oxygen atoms in total. The minimum Gasteiger partial charge on any atom is -0.496 e. The highest BCUT2D eigenvalue weighted by Crippen LogP contribution is 2.26. The van der Waals surface area contributed by atoms with Gasteiger partial charge < -0.3 is 4.74 Å². The fourth-order valence-corrected chi connectivity index (χ4v) is 1.93. The van der Waals surface area contributed by atoms with Crippen molar-refractivity contribution in [2.24, 2.45) is 0 Å². The second-order valence-electron chi connectivity index (χ2n) is 2.65. The van der Waals surface area contributed by atoms with Crippen LogP contribution in [0, 0.1) is 3.57 Å².